The first-order valence-corrected chi connectivity index (χ1v) is 11.3. The number of benzene rings is 2. The Hall–Kier alpha value is -2.48. The van der Waals surface area contributed by atoms with E-state index in [-0.39, 0.29) is 5.57 Å². The van der Waals surface area contributed by atoms with Crippen LogP contribution in [0.1, 0.15) is 56.6 Å². The molecule has 0 radical (unpaired) electrons. The van der Waals surface area contributed by atoms with Gasteiger partial charge >= 0.3 is 0 Å². The van der Waals surface area contributed by atoms with Crippen LogP contribution in [0.3, 0.4) is 0 Å². The van der Waals surface area contributed by atoms with E-state index in [0.717, 1.165) is 18.4 Å². The van der Waals surface area contributed by atoms with Gasteiger partial charge in [0.25, 0.3) is 5.91 Å². The van der Waals surface area contributed by atoms with Crippen molar-refractivity contribution in [2.45, 2.75) is 52.4 Å². The smallest absolute Gasteiger partial charge is 0.266 e. The number of nitriles is 1. The Morgan fingerprint density at radius 1 is 1.06 bits per heavy atom. The number of hydrogen-bond donors (Lipinski definition) is 1. The van der Waals surface area contributed by atoms with E-state index in [4.69, 9.17) is 27.9 Å². The van der Waals surface area contributed by atoms with Crippen molar-refractivity contribution < 1.29 is 9.53 Å². The lowest BCUT2D eigenvalue weighted by atomic mass is 10.1. The third-order valence-electron chi connectivity index (χ3n) is 4.75. The first kappa shape index (κ1) is 24.8. The second kappa shape index (κ2) is 13.0. The van der Waals surface area contributed by atoms with E-state index in [1.807, 2.05) is 25.1 Å². The van der Waals surface area contributed by atoms with Crippen molar-refractivity contribution in [3.63, 3.8) is 0 Å². The highest BCUT2D eigenvalue weighted by Crippen LogP contribution is 2.35. The van der Waals surface area contributed by atoms with Crippen LogP contribution in [0.5, 0.6) is 5.75 Å². The predicted molar refractivity (Wildman–Crippen MR) is 129 cm³/mol. The Bertz CT molecular complexity index is 924. The van der Waals surface area contributed by atoms with Crippen molar-refractivity contribution in [1.29, 1.82) is 5.26 Å². The summed E-state index contributed by atoms with van der Waals surface area (Å²) < 4.78 is 5.77. The third-order valence-corrected chi connectivity index (χ3v) is 5.31. The minimum absolute atomic E-state index is 0.0477. The molecule has 2 aromatic rings. The summed E-state index contributed by atoms with van der Waals surface area (Å²) >= 11 is 12.7. The normalized spacial score (nSPS) is 11.1. The molecule has 6 heteroatoms. The van der Waals surface area contributed by atoms with Crippen LogP contribution < -0.4 is 10.1 Å². The summed E-state index contributed by atoms with van der Waals surface area (Å²) in [5, 5.41) is 12.8. The number of halogens is 2. The standard InChI is InChI=1S/C25H28Cl2N2O2/c1-3-4-5-6-7-8-13-31-24-22(26)15-19(16-23(24)27)14-20(17-28)25(30)29-21-11-9-18(2)10-12-21/h9-12,14-16H,3-8,13H2,1-2H3,(H,29,30)/b20-14-. The fraction of sp³-hybridized carbons (Fsp3) is 0.360. The van der Waals surface area contributed by atoms with Crippen LogP contribution in [0, 0.1) is 18.3 Å². The highest BCUT2D eigenvalue weighted by Gasteiger charge is 2.13. The molecule has 164 valence electrons. The summed E-state index contributed by atoms with van der Waals surface area (Å²) in [4.78, 5) is 12.4. The molecule has 0 heterocycles. The number of nitrogens with zero attached hydrogens (tertiary/aromatic N) is 1. The Morgan fingerprint density at radius 2 is 1.68 bits per heavy atom. The molecule has 0 aliphatic carbocycles. The number of amides is 1. The van der Waals surface area contributed by atoms with Crippen molar-refractivity contribution in [2.75, 3.05) is 11.9 Å². The number of nitrogens with one attached hydrogen (secondary N) is 1. The monoisotopic (exact) mass is 458 g/mol. The predicted octanol–water partition coefficient (Wildman–Crippen LogP) is 7.59. The van der Waals surface area contributed by atoms with Crippen molar-refractivity contribution in [3.05, 3.63) is 63.1 Å². The molecule has 2 rings (SSSR count). The summed E-state index contributed by atoms with van der Waals surface area (Å²) in [6.45, 7) is 4.70. The van der Waals surface area contributed by atoms with E-state index < -0.39 is 5.91 Å². The average Bonchev–Trinajstić information content (AvgIpc) is 2.74. The van der Waals surface area contributed by atoms with Crippen LogP contribution in [0.25, 0.3) is 6.08 Å². The topological polar surface area (TPSA) is 62.1 Å². The number of carbonyl (C=O) groups is 1. The van der Waals surface area contributed by atoms with Crippen LogP contribution in [0.2, 0.25) is 10.0 Å². The van der Waals surface area contributed by atoms with Crippen molar-refractivity contribution in [1.82, 2.24) is 0 Å². The highest BCUT2D eigenvalue weighted by atomic mass is 35.5. The molecule has 31 heavy (non-hydrogen) atoms. The Labute approximate surface area is 194 Å². The number of carbonyl (C=O) groups excluding carboxylic acids is 1. The fourth-order valence-corrected chi connectivity index (χ4v) is 3.62. The van der Waals surface area contributed by atoms with Crippen molar-refractivity contribution in [3.8, 4) is 11.8 Å². The number of ether oxygens (including phenoxy) is 1. The quantitative estimate of drug-likeness (QED) is 0.214. The molecule has 2 aromatic carbocycles. The number of hydrogen-bond acceptors (Lipinski definition) is 3. The molecule has 0 fully saturated rings. The van der Waals surface area contributed by atoms with Crippen molar-refractivity contribution in [2.24, 2.45) is 0 Å². The molecule has 0 unspecified atom stereocenters. The maximum atomic E-state index is 12.4. The molecule has 1 amide bonds. The second-order valence-electron chi connectivity index (χ2n) is 7.42. The number of aryl methyl sites for hydroxylation is 1. The van der Waals surface area contributed by atoms with Crippen LogP contribution >= 0.6 is 23.2 Å². The Balaban J connectivity index is 2.01. The largest absolute Gasteiger partial charge is 0.490 e. The van der Waals surface area contributed by atoms with E-state index in [9.17, 15) is 10.1 Å². The fourth-order valence-electron chi connectivity index (χ4n) is 3.01. The van der Waals surface area contributed by atoms with Crippen LogP contribution in [0.4, 0.5) is 5.69 Å². The lowest BCUT2D eigenvalue weighted by Crippen LogP contribution is -2.13. The Kier molecular flexibility index (Phi) is 10.4. The van der Waals surface area contributed by atoms with E-state index in [2.05, 4.69) is 12.2 Å². The molecule has 0 atom stereocenters. The third kappa shape index (κ3) is 8.28. The maximum absolute atomic E-state index is 12.4. The van der Waals surface area contributed by atoms with Gasteiger partial charge < -0.3 is 10.1 Å². The van der Waals surface area contributed by atoms with Gasteiger partial charge in [0.15, 0.2) is 5.75 Å². The van der Waals surface area contributed by atoms with Gasteiger partial charge in [0.1, 0.15) is 11.6 Å². The first-order chi connectivity index (χ1) is 14.9. The van der Waals surface area contributed by atoms with E-state index in [0.29, 0.717) is 33.7 Å². The molecule has 0 aliphatic heterocycles. The molecule has 0 aromatic heterocycles. The molecule has 1 N–H and O–H groups in total. The molecular weight excluding hydrogens is 431 g/mol. The molecule has 0 saturated carbocycles. The summed E-state index contributed by atoms with van der Waals surface area (Å²) in [7, 11) is 0. The zero-order chi connectivity index (χ0) is 22.6. The van der Waals surface area contributed by atoms with Crippen LogP contribution in [0.15, 0.2) is 42.0 Å². The molecule has 0 spiro atoms. The van der Waals surface area contributed by atoms with Gasteiger partial charge in [0, 0.05) is 5.69 Å². The highest BCUT2D eigenvalue weighted by molar-refractivity contribution is 6.37. The summed E-state index contributed by atoms with van der Waals surface area (Å²) in [5.41, 5.74) is 2.20. The minimum Gasteiger partial charge on any atom is -0.490 e. The van der Waals surface area contributed by atoms with Gasteiger partial charge in [-0.25, -0.2) is 0 Å². The number of anilines is 1. The summed E-state index contributed by atoms with van der Waals surface area (Å²) in [6, 6.07) is 12.5. The lowest BCUT2D eigenvalue weighted by Gasteiger charge is -2.11. The molecule has 0 saturated heterocycles. The number of unbranched alkanes of at least 4 members (excludes halogenated alkanes) is 5. The van der Waals surface area contributed by atoms with E-state index in [1.165, 1.54) is 31.8 Å². The Morgan fingerprint density at radius 3 is 2.29 bits per heavy atom. The zero-order valence-electron chi connectivity index (χ0n) is 18.0. The minimum atomic E-state index is -0.498. The van der Waals surface area contributed by atoms with Gasteiger partial charge in [0.2, 0.25) is 0 Å². The van der Waals surface area contributed by atoms with E-state index >= 15 is 0 Å². The first-order valence-electron chi connectivity index (χ1n) is 10.6. The van der Waals surface area contributed by atoms with Gasteiger partial charge in [-0.2, -0.15) is 5.26 Å². The maximum Gasteiger partial charge on any atom is 0.266 e. The van der Waals surface area contributed by atoms with Gasteiger partial charge in [-0.05, 0) is 49.2 Å². The van der Waals surface area contributed by atoms with Gasteiger partial charge in [-0.15, -0.1) is 0 Å². The molecule has 0 aliphatic rings. The molecular formula is C25H28Cl2N2O2. The van der Waals surface area contributed by atoms with Gasteiger partial charge in [0.05, 0.1) is 16.7 Å². The van der Waals surface area contributed by atoms with Gasteiger partial charge in [-0.3, -0.25) is 4.79 Å². The van der Waals surface area contributed by atoms with E-state index in [1.54, 1.807) is 24.3 Å². The second-order valence-corrected chi connectivity index (χ2v) is 8.23. The molecule has 4 nitrogen and oxygen atoms in total. The zero-order valence-corrected chi connectivity index (χ0v) is 19.5. The molecule has 0 bridgehead atoms. The number of rotatable bonds is 11. The van der Waals surface area contributed by atoms with Crippen molar-refractivity contribution >= 4 is 40.9 Å². The lowest BCUT2D eigenvalue weighted by molar-refractivity contribution is -0.112. The summed E-state index contributed by atoms with van der Waals surface area (Å²) in [6.07, 6.45) is 8.44. The SMILES string of the molecule is CCCCCCCCOc1c(Cl)cc(/C=C(/C#N)C(=O)Nc2ccc(C)cc2)cc1Cl. The summed E-state index contributed by atoms with van der Waals surface area (Å²) in [5.74, 6) is -0.0707. The van der Waals surface area contributed by atoms with Crippen LogP contribution in [-0.2, 0) is 4.79 Å². The van der Waals surface area contributed by atoms with Crippen LogP contribution in [-0.4, -0.2) is 12.5 Å². The average molecular weight is 459 g/mol. The van der Waals surface area contributed by atoms with Gasteiger partial charge in [-0.1, -0.05) is 79.9 Å².